The highest BCUT2D eigenvalue weighted by Gasteiger charge is 2.53. The molecular weight excluding hydrogens is 1050 g/mol. The number of benzene rings is 2. The van der Waals surface area contributed by atoms with Crippen molar-refractivity contribution in [2.45, 2.75) is 168 Å². The Morgan fingerprint density at radius 3 is 1.97 bits per heavy atom. The van der Waals surface area contributed by atoms with Crippen LogP contribution in [-0.4, -0.2) is 269 Å². The fourth-order valence-corrected chi connectivity index (χ4v) is 11.6. The van der Waals surface area contributed by atoms with Crippen molar-refractivity contribution in [1.29, 1.82) is 0 Å². The Morgan fingerprint density at radius 1 is 0.641 bits per heavy atom. The summed E-state index contributed by atoms with van der Waals surface area (Å²) in [6.45, 7) is -0.0861. The molecule has 7 aliphatic rings. The second-order valence-corrected chi connectivity index (χ2v) is 20.7. The number of phenolic OH excluding ortho intramolecular Hbond substituents is 2. The van der Waals surface area contributed by atoms with E-state index in [1.165, 1.54) is 39.2 Å². The minimum absolute atomic E-state index is 0.0332. The SMILES string of the molecule is COc1cccc2c1C(=O)c1c(O)c3c(c(O)c1C2=O)C[C@@H](C(=O)O)C[C@@H]3OC1C[C@H](N2CC(CO)OC(OC3C(O)C(CO)OC(OCC4OC(C)C(O)C(OC5OC(CO)C(O)C(O)C5O)C4O)C3O)C2)[C@H](O)[C@H](C)O1. The summed E-state index contributed by atoms with van der Waals surface area (Å²) >= 11 is 0. The number of rotatable bonds is 15. The van der Waals surface area contributed by atoms with Crippen LogP contribution in [-0.2, 0) is 53.8 Å². The normalized spacial score (nSPS) is 41.2. The second-order valence-electron chi connectivity index (χ2n) is 20.7. The standard InChI is InChI=1S/C50H67NO27/c1-16-34(55)22(9-28(72-16)74-24-8-18(48(67)68)7-21-31(24)42(63)33-32(37(21)58)36(57)20-5-4-6-23(69-3)30(20)41(33)62)51-10-19(12-52)73-29(11-51)77-47-39(60)26(14-54)75-49(45(47)66)70-15-27-40(61)46(35(56)17(2)71-27)78-50-44(65)43(64)38(59)25(13-53)76-50/h4-6,16-19,22,24-29,34-35,38-40,43-47,49-50,52-56,58-61,63-66H,7-15H2,1-3H3,(H,67,68)/t16-,17?,18+,19?,22-,24-,25?,26?,27?,28?,29?,34+,35?,38?,39?,40?,43?,44?,45?,46?,47?,49?,50?/m0/s1. The summed E-state index contributed by atoms with van der Waals surface area (Å²) in [5, 5.41) is 152. The minimum Gasteiger partial charge on any atom is -0.507 e. The molecule has 5 fully saturated rings. The Labute approximate surface area is 444 Å². The first-order chi connectivity index (χ1) is 37.1. The number of morpholine rings is 1. The largest absolute Gasteiger partial charge is 0.507 e. The Morgan fingerprint density at radius 2 is 1.29 bits per heavy atom. The highest BCUT2D eigenvalue weighted by Crippen LogP contribution is 2.52. The van der Waals surface area contributed by atoms with Crippen LogP contribution >= 0.6 is 0 Å². The predicted molar refractivity (Wildman–Crippen MR) is 253 cm³/mol. The molecule has 5 heterocycles. The molecule has 0 aromatic heterocycles. The molecule has 434 valence electrons. The van der Waals surface area contributed by atoms with Gasteiger partial charge >= 0.3 is 5.97 Å². The first-order valence-electron chi connectivity index (χ1n) is 25.6. The van der Waals surface area contributed by atoms with Gasteiger partial charge in [0.25, 0.3) is 0 Å². The number of hydrogen-bond acceptors (Lipinski definition) is 27. The third-order valence-electron chi connectivity index (χ3n) is 15.8. The van der Waals surface area contributed by atoms with Gasteiger partial charge in [-0.25, -0.2) is 0 Å². The molecule has 0 saturated carbocycles. The van der Waals surface area contributed by atoms with Gasteiger partial charge in [0.1, 0.15) is 90.5 Å². The molecule has 5 saturated heterocycles. The maximum atomic E-state index is 14.1. The van der Waals surface area contributed by atoms with E-state index in [-0.39, 0.29) is 60.4 Å². The van der Waals surface area contributed by atoms with E-state index in [0.717, 1.165) is 0 Å². The number of carboxylic acid groups (broad SMARTS) is 1. The van der Waals surface area contributed by atoms with Gasteiger partial charge in [-0.3, -0.25) is 19.3 Å². The van der Waals surface area contributed by atoms with Crippen molar-refractivity contribution in [3.05, 3.63) is 51.6 Å². The van der Waals surface area contributed by atoms with Crippen molar-refractivity contribution in [3.63, 3.8) is 0 Å². The number of methoxy groups -OCH3 is 1. The summed E-state index contributed by atoms with van der Waals surface area (Å²) in [6, 6.07) is 3.39. The number of fused-ring (bicyclic) bond motifs is 3. The maximum absolute atomic E-state index is 14.1. The number of phenols is 2. The van der Waals surface area contributed by atoms with E-state index in [0.29, 0.717) is 0 Å². The highest BCUT2D eigenvalue weighted by atomic mass is 16.7. The van der Waals surface area contributed by atoms with Crippen LogP contribution in [0.4, 0.5) is 0 Å². The number of carbonyl (C=O) groups is 3. The average molecular weight is 1110 g/mol. The monoisotopic (exact) mass is 1110 g/mol. The zero-order chi connectivity index (χ0) is 56.3. The zero-order valence-corrected chi connectivity index (χ0v) is 42.4. The number of carbonyl (C=O) groups excluding carboxylic acids is 2. The second kappa shape index (κ2) is 23.7. The zero-order valence-electron chi connectivity index (χ0n) is 42.4. The Hall–Kier alpha value is -4.19. The van der Waals surface area contributed by atoms with E-state index in [4.69, 9.17) is 47.4 Å². The Kier molecular flexibility index (Phi) is 17.8. The average Bonchev–Trinajstić information content (AvgIpc) is 3.63. The van der Waals surface area contributed by atoms with Gasteiger partial charge in [0, 0.05) is 35.7 Å². The molecule has 2 aromatic rings. The summed E-state index contributed by atoms with van der Waals surface area (Å²) < 4.78 is 58.5. The fourth-order valence-electron chi connectivity index (χ4n) is 11.6. The smallest absolute Gasteiger partial charge is 0.306 e. The highest BCUT2D eigenvalue weighted by molar-refractivity contribution is 6.31. The molecule has 0 bridgehead atoms. The number of aliphatic carboxylic acids is 1. The van der Waals surface area contributed by atoms with E-state index in [9.17, 15) is 85.9 Å². The Bertz CT molecular complexity index is 2500. The molecule has 23 atom stereocenters. The van der Waals surface area contributed by atoms with Crippen molar-refractivity contribution in [2.24, 2.45) is 5.92 Å². The molecule has 18 unspecified atom stereocenters. The molecule has 5 aliphatic heterocycles. The summed E-state index contributed by atoms with van der Waals surface area (Å²) in [7, 11) is 1.29. The predicted octanol–water partition coefficient (Wildman–Crippen LogP) is -4.99. The van der Waals surface area contributed by atoms with Crippen LogP contribution in [0.15, 0.2) is 18.2 Å². The molecule has 2 aliphatic carbocycles. The van der Waals surface area contributed by atoms with Crippen LogP contribution in [0.25, 0.3) is 0 Å². The van der Waals surface area contributed by atoms with Crippen molar-refractivity contribution in [3.8, 4) is 17.2 Å². The maximum Gasteiger partial charge on any atom is 0.306 e. The molecule has 14 N–H and O–H groups in total. The molecule has 0 radical (unpaired) electrons. The van der Waals surface area contributed by atoms with Crippen molar-refractivity contribution < 1.29 is 133 Å². The first kappa shape index (κ1) is 58.5. The number of ether oxygens (including phenoxy) is 10. The summed E-state index contributed by atoms with van der Waals surface area (Å²) in [4.78, 5) is 42.3. The number of nitrogens with zero attached hydrogens (tertiary/aromatic N) is 1. The summed E-state index contributed by atoms with van der Waals surface area (Å²) in [6.07, 6.45) is -32.4. The molecule has 2 aromatic carbocycles. The molecule has 28 heteroatoms. The quantitative estimate of drug-likeness (QED) is 0.0634. The third-order valence-corrected chi connectivity index (χ3v) is 15.8. The van der Waals surface area contributed by atoms with Gasteiger partial charge in [0.05, 0.1) is 93.2 Å². The lowest BCUT2D eigenvalue weighted by atomic mass is 9.74. The molecule has 0 amide bonds. The van der Waals surface area contributed by atoms with Gasteiger partial charge in [0.2, 0.25) is 5.78 Å². The lowest BCUT2D eigenvalue weighted by molar-refractivity contribution is -0.353. The van der Waals surface area contributed by atoms with Crippen LogP contribution in [0, 0.1) is 5.92 Å². The third kappa shape index (κ3) is 10.8. The van der Waals surface area contributed by atoms with Crippen LogP contribution in [0.1, 0.15) is 75.8 Å². The topological polar surface area (TPSA) is 430 Å². The van der Waals surface area contributed by atoms with Gasteiger partial charge in [-0.15, -0.1) is 0 Å². The van der Waals surface area contributed by atoms with Crippen molar-refractivity contribution >= 4 is 17.5 Å². The van der Waals surface area contributed by atoms with E-state index in [2.05, 4.69) is 0 Å². The van der Waals surface area contributed by atoms with Crippen LogP contribution in [0.5, 0.6) is 17.2 Å². The van der Waals surface area contributed by atoms with E-state index in [1.807, 2.05) is 0 Å². The molecule has 9 rings (SSSR count). The molecule has 0 spiro atoms. The summed E-state index contributed by atoms with van der Waals surface area (Å²) in [5.41, 5.74) is -1.54. The van der Waals surface area contributed by atoms with E-state index in [1.54, 1.807) is 4.90 Å². The van der Waals surface area contributed by atoms with Gasteiger partial charge in [0.15, 0.2) is 30.9 Å². The van der Waals surface area contributed by atoms with Gasteiger partial charge in [-0.1, -0.05) is 12.1 Å². The fraction of sp³-hybridized carbons (Fsp3) is 0.700. The lowest BCUT2D eigenvalue weighted by Crippen LogP contribution is -2.65. The number of hydrogen-bond donors (Lipinski definition) is 14. The summed E-state index contributed by atoms with van der Waals surface area (Å²) in [5.74, 6) is -5.50. The van der Waals surface area contributed by atoms with Gasteiger partial charge in [-0.05, 0) is 32.8 Å². The van der Waals surface area contributed by atoms with Gasteiger partial charge in [-0.2, -0.15) is 0 Å². The number of aromatic hydroxyl groups is 2. The van der Waals surface area contributed by atoms with Crippen LogP contribution < -0.4 is 4.74 Å². The Balaban J connectivity index is 0.900. The van der Waals surface area contributed by atoms with E-state index < -0.39 is 207 Å². The minimum atomic E-state index is -1.88. The molecule has 78 heavy (non-hydrogen) atoms. The van der Waals surface area contributed by atoms with Gasteiger partial charge < -0.3 is 119 Å². The van der Waals surface area contributed by atoms with Crippen molar-refractivity contribution in [1.82, 2.24) is 4.90 Å². The molecular formula is C50H67NO27. The van der Waals surface area contributed by atoms with Crippen molar-refractivity contribution in [2.75, 3.05) is 46.6 Å². The number of aliphatic hydroxyl groups excluding tert-OH is 11. The number of aliphatic hydroxyl groups is 11. The lowest BCUT2D eigenvalue weighted by Gasteiger charge is -2.49. The number of ketones is 2. The van der Waals surface area contributed by atoms with Crippen LogP contribution in [0.2, 0.25) is 0 Å². The number of carboxylic acids is 1. The first-order valence-corrected chi connectivity index (χ1v) is 25.6. The molecule has 28 nitrogen and oxygen atoms in total. The van der Waals surface area contributed by atoms with E-state index >= 15 is 0 Å². The van der Waals surface area contributed by atoms with Crippen LogP contribution in [0.3, 0.4) is 0 Å².